The second-order valence-corrected chi connectivity index (χ2v) is 8.86. The number of sulfonamides is 1. The minimum absolute atomic E-state index is 0. The molecule has 2 saturated heterocycles. The van der Waals surface area contributed by atoms with E-state index in [4.69, 9.17) is 0 Å². The number of amides is 1. The first-order valence-electron chi connectivity index (χ1n) is 9.11. The summed E-state index contributed by atoms with van der Waals surface area (Å²) in [6, 6.07) is 5.16. The van der Waals surface area contributed by atoms with Gasteiger partial charge in [0.05, 0.1) is 4.90 Å². The number of halogens is 1. The topological polar surface area (TPSA) is 78.5 Å². The summed E-state index contributed by atoms with van der Waals surface area (Å²) < 4.78 is 27.5. The van der Waals surface area contributed by atoms with Crippen molar-refractivity contribution in [3.63, 3.8) is 0 Å². The van der Waals surface area contributed by atoms with E-state index in [0.29, 0.717) is 29.2 Å². The molecule has 2 aliphatic heterocycles. The predicted molar refractivity (Wildman–Crippen MR) is 105 cm³/mol. The highest BCUT2D eigenvalue weighted by atomic mass is 35.5. The van der Waals surface area contributed by atoms with Crippen LogP contribution in [0.25, 0.3) is 0 Å². The largest absolute Gasteiger partial charge is 0.326 e. The lowest BCUT2D eigenvalue weighted by atomic mass is 9.97. The van der Waals surface area contributed by atoms with Gasteiger partial charge in [0, 0.05) is 24.7 Å². The monoisotopic (exact) mass is 401 g/mol. The lowest BCUT2D eigenvalue weighted by Gasteiger charge is -2.27. The molecule has 0 bridgehead atoms. The highest BCUT2D eigenvalue weighted by molar-refractivity contribution is 7.89. The molecule has 0 radical (unpaired) electrons. The van der Waals surface area contributed by atoms with Crippen LogP contribution in [0, 0.1) is 12.8 Å². The quantitative estimate of drug-likeness (QED) is 0.812. The van der Waals surface area contributed by atoms with E-state index < -0.39 is 10.0 Å². The van der Waals surface area contributed by atoms with Crippen molar-refractivity contribution < 1.29 is 13.2 Å². The maximum absolute atomic E-state index is 13.0. The molecule has 3 rings (SSSR count). The lowest BCUT2D eigenvalue weighted by Crippen LogP contribution is -2.36. The Morgan fingerprint density at radius 3 is 2.46 bits per heavy atom. The molecule has 0 spiro atoms. The van der Waals surface area contributed by atoms with Gasteiger partial charge in [0.15, 0.2) is 0 Å². The van der Waals surface area contributed by atoms with E-state index in [1.54, 1.807) is 29.4 Å². The molecule has 0 aromatic heterocycles. The third kappa shape index (κ3) is 4.76. The maximum atomic E-state index is 13.0. The predicted octanol–water partition coefficient (Wildman–Crippen LogP) is 2.53. The summed E-state index contributed by atoms with van der Waals surface area (Å²) in [5.41, 5.74) is 1.27. The van der Waals surface area contributed by atoms with Crippen molar-refractivity contribution >= 4 is 34.0 Å². The number of carbonyl (C=O) groups excluding carboxylic acids is 1. The second kappa shape index (κ2) is 9.17. The first kappa shape index (κ1) is 21.2. The van der Waals surface area contributed by atoms with Crippen LogP contribution in [0.1, 0.15) is 37.7 Å². The molecule has 1 aromatic carbocycles. The summed E-state index contributed by atoms with van der Waals surface area (Å²) in [5.74, 6) is -0.0311. The molecule has 2 heterocycles. The Hall–Kier alpha value is -1.15. The van der Waals surface area contributed by atoms with Gasteiger partial charge in [-0.05, 0) is 63.4 Å². The van der Waals surface area contributed by atoms with Crippen LogP contribution >= 0.6 is 12.4 Å². The van der Waals surface area contributed by atoms with Crippen LogP contribution in [0.15, 0.2) is 23.1 Å². The molecule has 1 amide bonds. The molecule has 2 fully saturated rings. The van der Waals surface area contributed by atoms with Gasteiger partial charge in [-0.3, -0.25) is 4.79 Å². The van der Waals surface area contributed by atoms with Gasteiger partial charge in [0.25, 0.3) is 0 Å². The number of anilines is 1. The molecule has 146 valence electrons. The molecule has 2 aliphatic rings. The van der Waals surface area contributed by atoms with Crippen molar-refractivity contribution in [2.45, 2.75) is 43.9 Å². The average Bonchev–Trinajstić information content (AvgIpc) is 2.64. The van der Waals surface area contributed by atoms with Crippen molar-refractivity contribution in [1.82, 2.24) is 9.62 Å². The standard InChI is InChI=1S/C18H27N3O3S.ClH/c1-14-5-6-16(20-18(22)15-7-9-19-10-8-15)13-17(14)25(23,24)21-11-3-2-4-12-21;/h5-6,13,15,19H,2-4,7-12H2,1H3,(H,20,22);1H. The molecule has 0 atom stereocenters. The number of nitrogens with zero attached hydrogens (tertiary/aromatic N) is 1. The third-order valence-electron chi connectivity index (χ3n) is 5.10. The number of rotatable bonds is 4. The molecule has 1 aromatic rings. The SMILES string of the molecule is Cc1ccc(NC(=O)C2CCNCC2)cc1S(=O)(=O)N1CCCCC1.Cl. The molecule has 0 unspecified atom stereocenters. The number of carbonyl (C=O) groups is 1. The smallest absolute Gasteiger partial charge is 0.243 e. The number of nitrogens with one attached hydrogen (secondary N) is 2. The van der Waals surface area contributed by atoms with Crippen LogP contribution in [0.4, 0.5) is 5.69 Å². The van der Waals surface area contributed by atoms with Gasteiger partial charge in [0.1, 0.15) is 0 Å². The summed E-state index contributed by atoms with van der Waals surface area (Å²) >= 11 is 0. The molecular weight excluding hydrogens is 374 g/mol. The van der Waals surface area contributed by atoms with E-state index in [2.05, 4.69) is 10.6 Å². The van der Waals surface area contributed by atoms with Gasteiger partial charge >= 0.3 is 0 Å². The van der Waals surface area contributed by atoms with E-state index >= 15 is 0 Å². The zero-order chi connectivity index (χ0) is 17.9. The number of hydrogen-bond donors (Lipinski definition) is 2. The first-order chi connectivity index (χ1) is 12.0. The van der Waals surface area contributed by atoms with Gasteiger partial charge in [-0.1, -0.05) is 12.5 Å². The fourth-order valence-corrected chi connectivity index (χ4v) is 5.30. The average molecular weight is 402 g/mol. The summed E-state index contributed by atoms with van der Waals surface area (Å²) in [6.07, 6.45) is 4.53. The zero-order valence-electron chi connectivity index (χ0n) is 15.2. The highest BCUT2D eigenvalue weighted by Crippen LogP contribution is 2.26. The molecule has 2 N–H and O–H groups in total. The van der Waals surface area contributed by atoms with Crippen molar-refractivity contribution in [3.05, 3.63) is 23.8 Å². The second-order valence-electron chi connectivity index (χ2n) is 6.96. The summed E-state index contributed by atoms with van der Waals surface area (Å²) in [4.78, 5) is 12.7. The van der Waals surface area contributed by atoms with Crippen LogP contribution in [0.2, 0.25) is 0 Å². The van der Waals surface area contributed by atoms with Crippen LogP contribution in [-0.2, 0) is 14.8 Å². The first-order valence-corrected chi connectivity index (χ1v) is 10.5. The van der Waals surface area contributed by atoms with Crippen LogP contribution in [-0.4, -0.2) is 44.8 Å². The minimum atomic E-state index is -3.50. The Bertz CT molecular complexity index is 727. The third-order valence-corrected chi connectivity index (χ3v) is 7.14. The molecule has 6 nitrogen and oxygen atoms in total. The van der Waals surface area contributed by atoms with Crippen LogP contribution in [0.3, 0.4) is 0 Å². The molecule has 26 heavy (non-hydrogen) atoms. The Morgan fingerprint density at radius 1 is 1.15 bits per heavy atom. The lowest BCUT2D eigenvalue weighted by molar-refractivity contribution is -0.120. The van der Waals surface area contributed by atoms with Gasteiger partial charge < -0.3 is 10.6 Å². The Morgan fingerprint density at radius 2 is 1.81 bits per heavy atom. The Labute approximate surface area is 162 Å². The molecule has 0 aliphatic carbocycles. The molecule has 8 heteroatoms. The van der Waals surface area contributed by atoms with Gasteiger partial charge in [-0.25, -0.2) is 8.42 Å². The molecule has 0 saturated carbocycles. The number of piperidine rings is 2. The van der Waals surface area contributed by atoms with Gasteiger partial charge in [0.2, 0.25) is 15.9 Å². The summed E-state index contributed by atoms with van der Waals surface area (Å²) in [7, 11) is -3.50. The van der Waals surface area contributed by atoms with Crippen molar-refractivity contribution in [3.8, 4) is 0 Å². The van der Waals surface area contributed by atoms with Gasteiger partial charge in [-0.15, -0.1) is 12.4 Å². The summed E-state index contributed by atoms with van der Waals surface area (Å²) in [5, 5.41) is 6.15. The Kier molecular flexibility index (Phi) is 7.46. The van der Waals surface area contributed by atoms with Crippen molar-refractivity contribution in [2.75, 3.05) is 31.5 Å². The van der Waals surface area contributed by atoms with E-state index in [9.17, 15) is 13.2 Å². The van der Waals surface area contributed by atoms with Crippen LogP contribution in [0.5, 0.6) is 0 Å². The summed E-state index contributed by atoms with van der Waals surface area (Å²) in [6.45, 7) is 4.65. The van der Waals surface area contributed by atoms with E-state index in [1.807, 2.05) is 0 Å². The molecular formula is C18H28ClN3O3S. The van der Waals surface area contributed by atoms with E-state index in [0.717, 1.165) is 45.2 Å². The Balaban J connectivity index is 0.00000243. The van der Waals surface area contributed by atoms with Crippen molar-refractivity contribution in [2.24, 2.45) is 5.92 Å². The number of benzene rings is 1. The number of hydrogen-bond acceptors (Lipinski definition) is 4. The van der Waals surface area contributed by atoms with Crippen LogP contribution < -0.4 is 10.6 Å². The maximum Gasteiger partial charge on any atom is 0.243 e. The van der Waals surface area contributed by atoms with E-state index in [1.165, 1.54) is 0 Å². The number of aryl methyl sites for hydroxylation is 1. The fraction of sp³-hybridized carbons (Fsp3) is 0.611. The van der Waals surface area contributed by atoms with Crippen molar-refractivity contribution in [1.29, 1.82) is 0 Å². The normalized spacial score (nSPS) is 19.6. The highest BCUT2D eigenvalue weighted by Gasteiger charge is 2.28. The fourth-order valence-electron chi connectivity index (χ4n) is 3.53. The van der Waals surface area contributed by atoms with Gasteiger partial charge in [-0.2, -0.15) is 4.31 Å². The van der Waals surface area contributed by atoms with E-state index in [-0.39, 0.29) is 24.2 Å². The zero-order valence-corrected chi connectivity index (χ0v) is 16.8. The minimum Gasteiger partial charge on any atom is -0.326 e.